The number of rotatable bonds is 3. The molecule has 3 heteroatoms. The first-order chi connectivity index (χ1) is 7.37. The van der Waals surface area contributed by atoms with Gasteiger partial charge in [-0.3, -0.25) is 0 Å². The molecule has 1 aliphatic rings. The molecule has 1 aromatic carbocycles. The van der Waals surface area contributed by atoms with E-state index in [9.17, 15) is 0 Å². The van der Waals surface area contributed by atoms with Crippen molar-refractivity contribution in [3.05, 3.63) is 48.6 Å². The van der Waals surface area contributed by atoms with Gasteiger partial charge in [0.15, 0.2) is 13.1 Å². The van der Waals surface area contributed by atoms with Crippen molar-refractivity contribution in [3.63, 3.8) is 0 Å². The fraction of sp³-hybridized carbons (Fsp3) is 0.333. The van der Waals surface area contributed by atoms with Crippen LogP contribution in [0.5, 0.6) is 0 Å². The summed E-state index contributed by atoms with van der Waals surface area (Å²) in [6.45, 7) is 5.01. The lowest BCUT2D eigenvalue weighted by molar-refractivity contribution is -0.237. The van der Waals surface area contributed by atoms with Crippen LogP contribution in [0.1, 0.15) is 12.0 Å². The molecule has 0 atom stereocenters. The predicted octanol–water partition coefficient (Wildman–Crippen LogP) is 2.08. The molecule has 0 spiro atoms. The molecule has 15 heavy (non-hydrogen) atoms. The lowest BCUT2D eigenvalue weighted by atomic mass is 9.80. The lowest BCUT2D eigenvalue weighted by Crippen LogP contribution is -2.40. The van der Waals surface area contributed by atoms with E-state index in [1.165, 1.54) is 0 Å². The van der Waals surface area contributed by atoms with Gasteiger partial charge in [-0.2, -0.15) is 0 Å². The second-order valence-electron chi connectivity index (χ2n) is 3.52. The first-order valence-corrected chi connectivity index (χ1v) is 5.13. The first kappa shape index (κ1) is 10.5. The van der Waals surface area contributed by atoms with Gasteiger partial charge in [-0.1, -0.05) is 36.4 Å². The minimum atomic E-state index is -0.627. The van der Waals surface area contributed by atoms with Crippen LogP contribution in [0.25, 0.3) is 0 Å². The summed E-state index contributed by atoms with van der Waals surface area (Å²) in [6, 6.07) is 10.0. The average Bonchev–Trinajstić information content (AvgIpc) is 2.32. The largest absolute Gasteiger partial charge is 0.355 e. The molecule has 1 heterocycles. The topological polar surface area (TPSA) is 18.5 Å². The molecule has 2 rings (SSSR count). The number of hydrogen-bond acceptors (Lipinski definition) is 2. The van der Waals surface area contributed by atoms with Crippen LogP contribution in [0, 0.1) is 0 Å². The molecule has 1 aromatic rings. The normalized spacial score (nSPS) is 19.2. The minimum absolute atomic E-state index is 0.627. The summed E-state index contributed by atoms with van der Waals surface area (Å²) in [5.74, 6) is -0.627. The highest BCUT2D eigenvalue weighted by Crippen LogP contribution is 2.32. The van der Waals surface area contributed by atoms with Gasteiger partial charge >= 0.3 is 0 Å². The number of hydrogen-bond donors (Lipinski definition) is 0. The summed E-state index contributed by atoms with van der Waals surface area (Å²) in [5.41, 5.74) is 1.05. The number of ether oxygens (including phenoxy) is 2. The lowest BCUT2D eigenvalue weighted by Gasteiger charge is -2.36. The fourth-order valence-electron chi connectivity index (χ4n) is 1.76. The van der Waals surface area contributed by atoms with Crippen LogP contribution in [0.2, 0.25) is 0 Å². The maximum absolute atomic E-state index is 5.74. The Morgan fingerprint density at radius 1 is 1.27 bits per heavy atom. The van der Waals surface area contributed by atoms with Gasteiger partial charge in [-0.15, -0.1) is 6.58 Å². The van der Waals surface area contributed by atoms with E-state index in [-0.39, 0.29) is 0 Å². The molecular formula is C12H14BO2. The fourth-order valence-corrected chi connectivity index (χ4v) is 1.76. The molecule has 1 aliphatic heterocycles. The van der Waals surface area contributed by atoms with Crippen molar-refractivity contribution >= 4 is 7.28 Å². The van der Waals surface area contributed by atoms with E-state index in [1.807, 2.05) is 43.7 Å². The monoisotopic (exact) mass is 201 g/mol. The van der Waals surface area contributed by atoms with E-state index in [1.54, 1.807) is 0 Å². The van der Waals surface area contributed by atoms with Crippen LogP contribution in [-0.4, -0.2) is 20.3 Å². The van der Waals surface area contributed by atoms with E-state index in [0.29, 0.717) is 19.4 Å². The van der Waals surface area contributed by atoms with Crippen molar-refractivity contribution in [2.45, 2.75) is 12.2 Å². The smallest absolute Gasteiger partial charge is 0.196 e. The highest BCUT2D eigenvalue weighted by atomic mass is 16.7. The third kappa shape index (κ3) is 2.14. The molecule has 0 amide bonds. The standard InChI is InChI=1S/C12H14BO2/c1-2-8-12(14-9-13-10-15-12)11-6-4-3-5-7-11/h2-7H,1,8-10H2. The van der Waals surface area contributed by atoms with Gasteiger partial charge in [0, 0.05) is 25.0 Å². The number of benzene rings is 1. The van der Waals surface area contributed by atoms with E-state index < -0.39 is 5.79 Å². The second kappa shape index (κ2) is 4.64. The van der Waals surface area contributed by atoms with Crippen molar-refractivity contribution in [1.82, 2.24) is 0 Å². The molecular weight excluding hydrogens is 187 g/mol. The maximum atomic E-state index is 5.74. The van der Waals surface area contributed by atoms with Crippen LogP contribution in [-0.2, 0) is 15.3 Å². The van der Waals surface area contributed by atoms with Crippen LogP contribution in [0.15, 0.2) is 43.0 Å². The molecule has 2 nitrogen and oxygen atoms in total. The molecule has 1 saturated heterocycles. The summed E-state index contributed by atoms with van der Waals surface area (Å²) >= 11 is 0. The minimum Gasteiger partial charge on any atom is -0.355 e. The van der Waals surface area contributed by atoms with E-state index in [4.69, 9.17) is 9.47 Å². The molecule has 1 radical (unpaired) electrons. The quantitative estimate of drug-likeness (QED) is 0.550. The molecule has 1 fully saturated rings. The second-order valence-corrected chi connectivity index (χ2v) is 3.52. The van der Waals surface area contributed by atoms with Gasteiger partial charge in [-0.05, 0) is 0 Å². The zero-order chi connectivity index (χ0) is 10.6. The van der Waals surface area contributed by atoms with Crippen molar-refractivity contribution in [3.8, 4) is 0 Å². The van der Waals surface area contributed by atoms with Gasteiger partial charge in [-0.25, -0.2) is 0 Å². The Hall–Kier alpha value is -1.06. The molecule has 77 valence electrons. The third-order valence-corrected chi connectivity index (χ3v) is 2.50. The van der Waals surface area contributed by atoms with Crippen LogP contribution in [0.4, 0.5) is 0 Å². The van der Waals surface area contributed by atoms with E-state index in [2.05, 4.69) is 6.58 Å². The highest BCUT2D eigenvalue weighted by molar-refractivity contribution is 6.35. The SMILES string of the molecule is C=CCC1(c2ccccc2)OC[B]CO1. The van der Waals surface area contributed by atoms with Crippen LogP contribution >= 0.6 is 0 Å². The van der Waals surface area contributed by atoms with Crippen molar-refractivity contribution in [2.75, 3.05) is 13.0 Å². The van der Waals surface area contributed by atoms with Crippen molar-refractivity contribution < 1.29 is 9.47 Å². The molecule has 0 aromatic heterocycles. The van der Waals surface area contributed by atoms with Gasteiger partial charge < -0.3 is 9.47 Å². The molecule has 0 unspecified atom stereocenters. The van der Waals surface area contributed by atoms with E-state index in [0.717, 1.165) is 5.56 Å². The summed E-state index contributed by atoms with van der Waals surface area (Å²) in [4.78, 5) is 0. The van der Waals surface area contributed by atoms with Crippen LogP contribution < -0.4 is 0 Å². The summed E-state index contributed by atoms with van der Waals surface area (Å²) < 4.78 is 11.5. The predicted molar refractivity (Wildman–Crippen MR) is 60.6 cm³/mol. The van der Waals surface area contributed by atoms with E-state index >= 15 is 0 Å². The zero-order valence-electron chi connectivity index (χ0n) is 8.69. The summed E-state index contributed by atoms with van der Waals surface area (Å²) in [5, 5.41) is 0. The zero-order valence-corrected chi connectivity index (χ0v) is 8.69. The third-order valence-electron chi connectivity index (χ3n) is 2.50. The Morgan fingerprint density at radius 2 is 1.93 bits per heavy atom. The Morgan fingerprint density at radius 3 is 2.53 bits per heavy atom. The Balaban J connectivity index is 2.29. The van der Waals surface area contributed by atoms with Gasteiger partial charge in [0.1, 0.15) is 0 Å². The van der Waals surface area contributed by atoms with Crippen molar-refractivity contribution in [2.24, 2.45) is 0 Å². The highest BCUT2D eigenvalue weighted by Gasteiger charge is 2.35. The van der Waals surface area contributed by atoms with Gasteiger partial charge in [0.25, 0.3) is 0 Å². The molecule has 0 N–H and O–H groups in total. The average molecular weight is 201 g/mol. The molecule has 0 aliphatic carbocycles. The maximum Gasteiger partial charge on any atom is 0.196 e. The first-order valence-electron chi connectivity index (χ1n) is 5.13. The van der Waals surface area contributed by atoms with Crippen LogP contribution in [0.3, 0.4) is 0 Å². The molecule has 0 saturated carbocycles. The van der Waals surface area contributed by atoms with Gasteiger partial charge in [0.2, 0.25) is 0 Å². The Labute approximate surface area is 91.1 Å². The molecule has 0 bridgehead atoms. The summed E-state index contributed by atoms with van der Waals surface area (Å²) in [6.07, 6.45) is 2.50. The summed E-state index contributed by atoms with van der Waals surface area (Å²) in [7, 11) is 1.98. The Kier molecular flexibility index (Phi) is 3.24. The Bertz CT molecular complexity index is 318. The van der Waals surface area contributed by atoms with Gasteiger partial charge in [0.05, 0.1) is 0 Å². The van der Waals surface area contributed by atoms with Crippen molar-refractivity contribution in [1.29, 1.82) is 0 Å².